The molecule has 0 aliphatic rings. The maximum Gasteiger partial charge on any atom is 0.320 e. The SMILES string of the molecule is CC(C)NC(CCOc1cc(F)ccc1F)C(=O)O. The van der Waals surface area contributed by atoms with Gasteiger partial charge < -0.3 is 15.2 Å². The molecule has 0 heterocycles. The molecule has 0 spiro atoms. The number of halogens is 2. The highest BCUT2D eigenvalue weighted by Crippen LogP contribution is 2.18. The van der Waals surface area contributed by atoms with Gasteiger partial charge >= 0.3 is 5.97 Å². The van der Waals surface area contributed by atoms with E-state index in [4.69, 9.17) is 9.84 Å². The summed E-state index contributed by atoms with van der Waals surface area (Å²) in [6, 6.07) is 2.11. The van der Waals surface area contributed by atoms with Gasteiger partial charge in [0.2, 0.25) is 0 Å². The molecule has 19 heavy (non-hydrogen) atoms. The van der Waals surface area contributed by atoms with E-state index in [1.807, 2.05) is 13.8 Å². The van der Waals surface area contributed by atoms with E-state index in [0.717, 1.165) is 18.2 Å². The van der Waals surface area contributed by atoms with Crippen LogP contribution in [0, 0.1) is 11.6 Å². The van der Waals surface area contributed by atoms with E-state index in [-0.39, 0.29) is 24.8 Å². The zero-order valence-electron chi connectivity index (χ0n) is 10.8. The van der Waals surface area contributed by atoms with Crippen LogP contribution in [-0.4, -0.2) is 29.8 Å². The molecule has 0 saturated heterocycles. The van der Waals surface area contributed by atoms with E-state index in [1.165, 1.54) is 0 Å². The van der Waals surface area contributed by atoms with Crippen LogP contribution in [0.25, 0.3) is 0 Å². The predicted molar refractivity (Wildman–Crippen MR) is 66.2 cm³/mol. The van der Waals surface area contributed by atoms with Crippen molar-refractivity contribution >= 4 is 5.97 Å². The molecule has 0 bridgehead atoms. The Kier molecular flexibility index (Phi) is 5.69. The van der Waals surface area contributed by atoms with Crippen LogP contribution >= 0.6 is 0 Å². The molecule has 1 rings (SSSR count). The summed E-state index contributed by atoms with van der Waals surface area (Å²) in [4.78, 5) is 10.9. The summed E-state index contributed by atoms with van der Waals surface area (Å²) < 4.78 is 31.2. The third-order valence-corrected chi connectivity index (χ3v) is 2.39. The number of nitrogens with one attached hydrogen (secondary N) is 1. The quantitative estimate of drug-likeness (QED) is 0.799. The summed E-state index contributed by atoms with van der Waals surface area (Å²) in [7, 11) is 0. The molecule has 0 amide bonds. The molecular weight excluding hydrogens is 256 g/mol. The molecule has 0 radical (unpaired) electrons. The number of hydrogen-bond acceptors (Lipinski definition) is 3. The van der Waals surface area contributed by atoms with Gasteiger partial charge in [0.1, 0.15) is 11.9 Å². The molecule has 0 aliphatic heterocycles. The predicted octanol–water partition coefficient (Wildman–Crippen LogP) is 2.18. The van der Waals surface area contributed by atoms with Crippen molar-refractivity contribution in [1.29, 1.82) is 0 Å². The van der Waals surface area contributed by atoms with Crippen molar-refractivity contribution in [2.75, 3.05) is 6.61 Å². The van der Waals surface area contributed by atoms with Crippen molar-refractivity contribution in [2.24, 2.45) is 0 Å². The maximum absolute atomic E-state index is 13.2. The molecule has 0 aromatic heterocycles. The van der Waals surface area contributed by atoms with Crippen molar-refractivity contribution in [2.45, 2.75) is 32.4 Å². The first kappa shape index (κ1) is 15.4. The van der Waals surface area contributed by atoms with Gasteiger partial charge in [-0.15, -0.1) is 0 Å². The van der Waals surface area contributed by atoms with Gasteiger partial charge in [-0.05, 0) is 12.1 Å². The smallest absolute Gasteiger partial charge is 0.320 e. The summed E-state index contributed by atoms with van der Waals surface area (Å²) in [5.41, 5.74) is 0. The average molecular weight is 273 g/mol. The van der Waals surface area contributed by atoms with Crippen LogP contribution in [0.2, 0.25) is 0 Å². The van der Waals surface area contributed by atoms with Crippen molar-refractivity contribution in [1.82, 2.24) is 5.32 Å². The zero-order chi connectivity index (χ0) is 14.4. The fraction of sp³-hybridized carbons (Fsp3) is 0.462. The standard InChI is InChI=1S/C13H17F2NO3/c1-8(2)16-11(13(17)18)5-6-19-12-7-9(14)3-4-10(12)15/h3-4,7-8,11,16H,5-6H2,1-2H3,(H,17,18). The Morgan fingerprint density at radius 3 is 2.68 bits per heavy atom. The number of benzene rings is 1. The minimum atomic E-state index is -1.00. The second-order valence-corrected chi connectivity index (χ2v) is 4.42. The van der Waals surface area contributed by atoms with Crippen molar-refractivity contribution < 1.29 is 23.4 Å². The summed E-state index contributed by atoms with van der Waals surface area (Å²) in [5.74, 6) is -2.50. The van der Waals surface area contributed by atoms with Crippen LogP contribution in [-0.2, 0) is 4.79 Å². The van der Waals surface area contributed by atoms with E-state index in [2.05, 4.69) is 5.32 Å². The molecule has 6 heteroatoms. The van der Waals surface area contributed by atoms with E-state index >= 15 is 0 Å². The second kappa shape index (κ2) is 7.04. The lowest BCUT2D eigenvalue weighted by atomic mass is 10.2. The lowest BCUT2D eigenvalue weighted by molar-refractivity contribution is -0.140. The topological polar surface area (TPSA) is 58.6 Å². The molecule has 0 saturated carbocycles. The lowest BCUT2D eigenvalue weighted by Gasteiger charge is -2.17. The van der Waals surface area contributed by atoms with Crippen LogP contribution < -0.4 is 10.1 Å². The molecule has 0 fully saturated rings. The summed E-state index contributed by atoms with van der Waals surface area (Å²) in [6.45, 7) is 3.63. The van der Waals surface area contributed by atoms with Gasteiger partial charge in [-0.1, -0.05) is 13.8 Å². The molecule has 1 unspecified atom stereocenters. The summed E-state index contributed by atoms with van der Waals surface area (Å²) in [6.07, 6.45) is 0.156. The van der Waals surface area contributed by atoms with Gasteiger partial charge in [0.05, 0.1) is 6.61 Å². The Hall–Kier alpha value is -1.69. The minimum Gasteiger partial charge on any atom is -0.490 e. The Bertz CT molecular complexity index is 438. The molecule has 1 aromatic carbocycles. The van der Waals surface area contributed by atoms with Gasteiger partial charge in [-0.25, -0.2) is 8.78 Å². The Morgan fingerprint density at radius 2 is 2.11 bits per heavy atom. The minimum absolute atomic E-state index is 0.00649. The Morgan fingerprint density at radius 1 is 1.42 bits per heavy atom. The highest BCUT2D eigenvalue weighted by molar-refractivity contribution is 5.73. The molecule has 1 atom stereocenters. The Labute approximate surface area is 110 Å². The lowest BCUT2D eigenvalue weighted by Crippen LogP contribution is -2.41. The van der Waals surface area contributed by atoms with Crippen LogP contribution in [0.5, 0.6) is 5.75 Å². The second-order valence-electron chi connectivity index (χ2n) is 4.42. The van der Waals surface area contributed by atoms with Crippen molar-refractivity contribution in [3.05, 3.63) is 29.8 Å². The maximum atomic E-state index is 13.2. The first-order valence-corrected chi connectivity index (χ1v) is 5.97. The number of carboxylic acids is 1. The monoisotopic (exact) mass is 273 g/mol. The van der Waals surface area contributed by atoms with E-state index in [1.54, 1.807) is 0 Å². The van der Waals surface area contributed by atoms with Crippen LogP contribution in [0.3, 0.4) is 0 Å². The fourth-order valence-corrected chi connectivity index (χ4v) is 1.56. The van der Waals surface area contributed by atoms with E-state index in [0.29, 0.717) is 0 Å². The molecule has 4 nitrogen and oxygen atoms in total. The molecular formula is C13H17F2NO3. The number of ether oxygens (including phenoxy) is 1. The number of carbonyl (C=O) groups is 1. The fourth-order valence-electron chi connectivity index (χ4n) is 1.56. The zero-order valence-corrected chi connectivity index (χ0v) is 10.8. The number of hydrogen-bond donors (Lipinski definition) is 2. The van der Waals surface area contributed by atoms with Crippen LogP contribution in [0.1, 0.15) is 20.3 Å². The third kappa shape index (κ3) is 5.21. The highest BCUT2D eigenvalue weighted by atomic mass is 19.1. The van der Waals surface area contributed by atoms with Gasteiger partial charge in [-0.3, -0.25) is 4.79 Å². The first-order chi connectivity index (χ1) is 8.90. The van der Waals surface area contributed by atoms with E-state index < -0.39 is 23.6 Å². The number of carboxylic acid groups (broad SMARTS) is 1. The van der Waals surface area contributed by atoms with Crippen molar-refractivity contribution in [3.63, 3.8) is 0 Å². The Balaban J connectivity index is 2.52. The summed E-state index contributed by atoms with van der Waals surface area (Å²) in [5, 5.41) is 11.8. The third-order valence-electron chi connectivity index (χ3n) is 2.39. The van der Waals surface area contributed by atoms with E-state index in [9.17, 15) is 13.6 Å². The van der Waals surface area contributed by atoms with Crippen LogP contribution in [0.15, 0.2) is 18.2 Å². The molecule has 1 aromatic rings. The normalized spacial score (nSPS) is 12.5. The van der Waals surface area contributed by atoms with Crippen molar-refractivity contribution in [3.8, 4) is 5.75 Å². The highest BCUT2D eigenvalue weighted by Gasteiger charge is 2.18. The van der Waals surface area contributed by atoms with Gasteiger partial charge in [0.15, 0.2) is 11.6 Å². The largest absolute Gasteiger partial charge is 0.490 e. The summed E-state index contributed by atoms with van der Waals surface area (Å²) >= 11 is 0. The molecule has 0 aliphatic carbocycles. The molecule has 2 N–H and O–H groups in total. The number of rotatable bonds is 7. The van der Waals surface area contributed by atoms with Gasteiger partial charge in [-0.2, -0.15) is 0 Å². The number of aliphatic carboxylic acids is 1. The van der Waals surface area contributed by atoms with Crippen LogP contribution in [0.4, 0.5) is 8.78 Å². The average Bonchev–Trinajstić information content (AvgIpc) is 2.31. The first-order valence-electron chi connectivity index (χ1n) is 5.97. The van der Waals surface area contributed by atoms with Gasteiger partial charge in [0.25, 0.3) is 0 Å². The molecule has 106 valence electrons. The van der Waals surface area contributed by atoms with Gasteiger partial charge in [0, 0.05) is 18.5 Å².